The second-order valence-electron chi connectivity index (χ2n) is 4.87. The summed E-state index contributed by atoms with van der Waals surface area (Å²) < 4.78 is 14.8. The van der Waals surface area contributed by atoms with Gasteiger partial charge in [0, 0.05) is 40.9 Å². The predicted molar refractivity (Wildman–Crippen MR) is 79.3 cm³/mol. The molecule has 108 valence electrons. The summed E-state index contributed by atoms with van der Waals surface area (Å²) in [5.41, 5.74) is 0.998. The molecule has 0 saturated carbocycles. The normalized spacial score (nSPS) is 11.3. The van der Waals surface area contributed by atoms with Crippen LogP contribution in [0, 0.1) is 5.82 Å². The SMILES string of the molecule is O=c1cc(-c2cc(=O)n3[nH]ccc3n2)c2cc(F)ccc2[nH]1. The van der Waals surface area contributed by atoms with E-state index in [1.807, 2.05) is 0 Å². The minimum atomic E-state index is -0.430. The van der Waals surface area contributed by atoms with E-state index in [0.717, 1.165) is 0 Å². The van der Waals surface area contributed by atoms with E-state index >= 15 is 0 Å². The van der Waals surface area contributed by atoms with Crippen molar-refractivity contribution in [1.82, 2.24) is 19.6 Å². The van der Waals surface area contributed by atoms with Gasteiger partial charge in [-0.05, 0) is 18.2 Å². The third-order valence-corrected chi connectivity index (χ3v) is 3.46. The lowest BCUT2D eigenvalue weighted by Gasteiger charge is -2.06. The maximum Gasteiger partial charge on any atom is 0.273 e. The van der Waals surface area contributed by atoms with Crippen LogP contribution < -0.4 is 11.1 Å². The summed E-state index contributed by atoms with van der Waals surface area (Å²) in [5.74, 6) is -0.430. The Morgan fingerprint density at radius 3 is 2.82 bits per heavy atom. The zero-order chi connectivity index (χ0) is 15.3. The summed E-state index contributed by atoms with van der Waals surface area (Å²) in [7, 11) is 0. The number of nitrogens with zero attached hydrogens (tertiary/aromatic N) is 2. The van der Waals surface area contributed by atoms with E-state index in [1.165, 1.54) is 34.8 Å². The van der Waals surface area contributed by atoms with Gasteiger partial charge in [-0.25, -0.2) is 13.9 Å². The number of H-pyrrole nitrogens is 2. The van der Waals surface area contributed by atoms with Crippen LogP contribution in [0.3, 0.4) is 0 Å². The number of halogens is 1. The largest absolute Gasteiger partial charge is 0.322 e. The zero-order valence-corrected chi connectivity index (χ0v) is 11.1. The van der Waals surface area contributed by atoms with E-state index in [2.05, 4.69) is 15.1 Å². The molecule has 2 N–H and O–H groups in total. The molecule has 0 amide bonds. The van der Waals surface area contributed by atoms with Crippen LogP contribution >= 0.6 is 0 Å². The van der Waals surface area contributed by atoms with Crippen molar-refractivity contribution >= 4 is 16.6 Å². The summed E-state index contributed by atoms with van der Waals surface area (Å²) in [5, 5.41) is 3.23. The molecule has 0 saturated heterocycles. The van der Waals surface area contributed by atoms with Crippen molar-refractivity contribution in [2.24, 2.45) is 0 Å². The molecule has 22 heavy (non-hydrogen) atoms. The van der Waals surface area contributed by atoms with E-state index in [9.17, 15) is 14.0 Å². The highest BCUT2D eigenvalue weighted by Gasteiger charge is 2.11. The number of hydrogen-bond acceptors (Lipinski definition) is 3. The molecule has 4 aromatic rings. The third kappa shape index (κ3) is 1.83. The third-order valence-electron chi connectivity index (χ3n) is 3.46. The topological polar surface area (TPSA) is 83.0 Å². The Morgan fingerprint density at radius 1 is 1.09 bits per heavy atom. The van der Waals surface area contributed by atoms with Crippen LogP contribution in [-0.2, 0) is 0 Å². The van der Waals surface area contributed by atoms with Crippen LogP contribution in [0.25, 0.3) is 27.8 Å². The average molecular weight is 296 g/mol. The van der Waals surface area contributed by atoms with Crippen molar-refractivity contribution in [3.05, 3.63) is 69.1 Å². The standard InChI is InChI=1S/C15H9FN4O2/c16-8-1-2-11-9(5-8)10(6-14(21)19-11)12-7-15(22)20-13(18-12)3-4-17-20/h1-7,17H,(H,19,21). The highest BCUT2D eigenvalue weighted by Crippen LogP contribution is 2.24. The van der Waals surface area contributed by atoms with Gasteiger partial charge in [0.1, 0.15) is 5.82 Å². The Kier molecular flexibility index (Phi) is 2.50. The van der Waals surface area contributed by atoms with E-state index in [4.69, 9.17) is 0 Å². The zero-order valence-electron chi connectivity index (χ0n) is 11.1. The number of aromatic nitrogens is 4. The van der Waals surface area contributed by atoms with Crippen molar-refractivity contribution in [3.8, 4) is 11.3 Å². The first-order valence-electron chi connectivity index (χ1n) is 6.52. The van der Waals surface area contributed by atoms with Crippen molar-refractivity contribution in [3.63, 3.8) is 0 Å². The number of benzene rings is 1. The summed E-state index contributed by atoms with van der Waals surface area (Å²) in [4.78, 5) is 30.8. The van der Waals surface area contributed by atoms with Gasteiger partial charge in [0.25, 0.3) is 5.56 Å². The Bertz CT molecular complexity index is 1140. The lowest BCUT2D eigenvalue weighted by molar-refractivity contribution is 0.629. The molecule has 0 unspecified atom stereocenters. The van der Waals surface area contributed by atoms with Gasteiger partial charge in [0.15, 0.2) is 5.65 Å². The smallest absolute Gasteiger partial charge is 0.273 e. The lowest BCUT2D eigenvalue weighted by Crippen LogP contribution is -2.14. The molecule has 0 fully saturated rings. The molecule has 0 atom stereocenters. The number of hydrogen-bond donors (Lipinski definition) is 2. The molecule has 0 aliphatic rings. The van der Waals surface area contributed by atoms with Crippen LogP contribution in [0.15, 0.2) is 52.2 Å². The van der Waals surface area contributed by atoms with E-state index in [1.54, 1.807) is 12.3 Å². The van der Waals surface area contributed by atoms with Gasteiger partial charge in [-0.1, -0.05) is 0 Å². The quantitative estimate of drug-likeness (QED) is 0.560. The highest BCUT2D eigenvalue weighted by molar-refractivity contribution is 5.93. The minimum absolute atomic E-state index is 0.310. The summed E-state index contributed by atoms with van der Waals surface area (Å²) >= 11 is 0. The second kappa shape index (κ2) is 4.39. The lowest BCUT2D eigenvalue weighted by atomic mass is 10.1. The second-order valence-corrected chi connectivity index (χ2v) is 4.87. The molecule has 0 aliphatic carbocycles. The van der Waals surface area contributed by atoms with E-state index in [-0.39, 0.29) is 11.1 Å². The molecule has 3 heterocycles. The molecule has 0 aliphatic heterocycles. The molecule has 0 bridgehead atoms. The average Bonchev–Trinajstić information content (AvgIpc) is 2.96. The van der Waals surface area contributed by atoms with Gasteiger partial charge >= 0.3 is 0 Å². The predicted octanol–water partition coefficient (Wildman–Crippen LogP) is 1.67. The molecule has 4 rings (SSSR count). The van der Waals surface area contributed by atoms with Crippen LogP contribution in [0.2, 0.25) is 0 Å². The van der Waals surface area contributed by atoms with Crippen LogP contribution in [-0.4, -0.2) is 19.6 Å². The van der Waals surface area contributed by atoms with E-state index in [0.29, 0.717) is 27.8 Å². The fourth-order valence-electron chi connectivity index (χ4n) is 2.50. The Hall–Kier alpha value is -3.22. The van der Waals surface area contributed by atoms with Crippen LogP contribution in [0.1, 0.15) is 0 Å². The molecule has 0 spiro atoms. The number of rotatable bonds is 1. The Balaban J connectivity index is 2.13. The van der Waals surface area contributed by atoms with Crippen LogP contribution in [0.4, 0.5) is 4.39 Å². The van der Waals surface area contributed by atoms with E-state index < -0.39 is 5.82 Å². The molecule has 7 heteroatoms. The highest BCUT2D eigenvalue weighted by atomic mass is 19.1. The van der Waals surface area contributed by atoms with Crippen molar-refractivity contribution in [1.29, 1.82) is 0 Å². The number of aromatic amines is 2. The molecule has 6 nitrogen and oxygen atoms in total. The first kappa shape index (κ1) is 12.5. The Morgan fingerprint density at radius 2 is 1.95 bits per heavy atom. The number of fused-ring (bicyclic) bond motifs is 2. The fourth-order valence-corrected chi connectivity index (χ4v) is 2.50. The summed E-state index contributed by atoms with van der Waals surface area (Å²) in [6, 6.07) is 8.31. The molecular formula is C15H9FN4O2. The molecule has 3 aromatic heterocycles. The summed E-state index contributed by atoms with van der Waals surface area (Å²) in [6.07, 6.45) is 1.59. The maximum atomic E-state index is 13.5. The van der Waals surface area contributed by atoms with Gasteiger partial charge < -0.3 is 4.98 Å². The van der Waals surface area contributed by atoms with Gasteiger partial charge in [0.05, 0.1) is 5.69 Å². The van der Waals surface area contributed by atoms with Gasteiger partial charge in [-0.2, -0.15) is 0 Å². The van der Waals surface area contributed by atoms with Crippen LogP contribution in [0.5, 0.6) is 0 Å². The Labute approximate surface area is 121 Å². The van der Waals surface area contributed by atoms with Crippen molar-refractivity contribution in [2.45, 2.75) is 0 Å². The van der Waals surface area contributed by atoms with Crippen molar-refractivity contribution in [2.75, 3.05) is 0 Å². The maximum absolute atomic E-state index is 13.5. The fraction of sp³-hybridized carbons (Fsp3) is 0. The molecular weight excluding hydrogens is 287 g/mol. The number of nitrogens with one attached hydrogen (secondary N) is 2. The molecule has 1 aromatic carbocycles. The van der Waals surface area contributed by atoms with Gasteiger partial charge in [0.2, 0.25) is 5.56 Å². The first-order chi connectivity index (χ1) is 10.6. The van der Waals surface area contributed by atoms with Gasteiger partial charge in [-0.3, -0.25) is 14.7 Å². The van der Waals surface area contributed by atoms with Gasteiger partial charge in [-0.15, -0.1) is 0 Å². The summed E-state index contributed by atoms with van der Waals surface area (Å²) in [6.45, 7) is 0. The minimum Gasteiger partial charge on any atom is -0.322 e. The first-order valence-corrected chi connectivity index (χ1v) is 6.52. The molecule has 0 radical (unpaired) electrons. The monoisotopic (exact) mass is 296 g/mol. The number of pyridine rings is 1. The van der Waals surface area contributed by atoms with Crippen molar-refractivity contribution < 1.29 is 4.39 Å².